The normalized spacial score (nSPS) is 26.7. The molecule has 5 heteroatoms. The van der Waals surface area contributed by atoms with Gasteiger partial charge in [0, 0.05) is 77.7 Å². The lowest BCUT2D eigenvalue weighted by Gasteiger charge is -2.48. The van der Waals surface area contributed by atoms with Gasteiger partial charge in [0.2, 0.25) is 0 Å². The fraction of sp³-hybridized carbons (Fsp3) is 0.278. The van der Waals surface area contributed by atoms with E-state index in [9.17, 15) is 0 Å². The first-order chi connectivity index (χ1) is 38.2. The zero-order valence-electron chi connectivity index (χ0n) is 43.2. The molecule has 0 amide bonds. The summed E-state index contributed by atoms with van der Waals surface area (Å²) in [6.45, 7) is 0. The third kappa shape index (κ3) is 5.02. The molecule has 6 bridgehead atoms. The molecule has 7 aliphatic carbocycles. The fourth-order valence-corrected chi connectivity index (χ4v) is 19.8. The molecule has 77 heavy (non-hydrogen) atoms. The average molecular weight is 992 g/mol. The highest BCUT2D eigenvalue weighted by Crippen LogP contribution is 2.76. The molecule has 9 unspecified atom stereocenters. The van der Waals surface area contributed by atoms with Crippen LogP contribution in [0.15, 0.2) is 164 Å². The van der Waals surface area contributed by atoms with Crippen LogP contribution < -0.4 is 0 Å². The van der Waals surface area contributed by atoms with Gasteiger partial charge in [0.25, 0.3) is 0 Å². The number of pyridine rings is 2. The zero-order valence-corrected chi connectivity index (χ0v) is 43.2. The Labute approximate surface area is 446 Å². The second-order valence-corrected chi connectivity index (χ2v) is 25.5. The Kier molecular flexibility index (Phi) is 7.76. The maximum Gasteiger partial charge on any atom is 0.0728 e. The Balaban J connectivity index is 1.01. The number of nitrogens with zero attached hydrogens (tertiary/aromatic N) is 5. The quantitative estimate of drug-likeness (QED) is 0.176. The molecule has 5 nitrogen and oxygen atoms in total. The Hall–Kier alpha value is -7.76. The van der Waals surface area contributed by atoms with Crippen LogP contribution in [0.25, 0.3) is 115 Å². The highest BCUT2D eigenvalue weighted by molar-refractivity contribution is 6.34. The first-order valence-electron chi connectivity index (χ1n) is 29.4. The van der Waals surface area contributed by atoms with Crippen molar-refractivity contribution in [3.8, 4) is 33.6 Å². The van der Waals surface area contributed by atoms with Crippen LogP contribution in [0.2, 0.25) is 0 Å². The lowest BCUT2D eigenvalue weighted by atomic mass is 9.56. The second kappa shape index (κ2) is 14.4. The standard InChI is InChI=1S/C72H57N5/c1-3-16-47(17-4-1)75-55-24-9-7-20-51(55)63-49(22-12-26-57(63)75)53-34-54(50-23-13-27-58-64(50)52-21-8-10-25-56(52)76(58)48-18-5-2-6-19-48)66-68-60(38-74-70-44-32-46-33-45-31-43(62(68)70)35-72(45,46)36-44)77-59-37-73-69-40-15-11-14-39-28-42(30-41(39)29-40)61(69)67(59)65(53)71(66)77/h1-10,12-13,16-27,34,37-46H,11,14-15,28-33,35-36H2. The molecule has 20 rings (SSSR count). The van der Waals surface area contributed by atoms with Gasteiger partial charge in [0.1, 0.15) is 0 Å². The molecule has 0 aliphatic heterocycles. The average Bonchev–Trinajstić information content (AvgIpc) is 4.38. The highest BCUT2D eigenvalue weighted by Gasteiger charge is 2.66. The van der Waals surface area contributed by atoms with Crippen LogP contribution in [-0.4, -0.2) is 23.5 Å². The molecule has 0 N–H and O–H groups in total. The van der Waals surface area contributed by atoms with Crippen LogP contribution in [0, 0.1) is 29.1 Å². The molecule has 13 aromatic rings. The van der Waals surface area contributed by atoms with Gasteiger partial charge in [-0.2, -0.15) is 0 Å². The molecule has 6 aromatic heterocycles. The summed E-state index contributed by atoms with van der Waals surface area (Å²) < 4.78 is 7.78. The van der Waals surface area contributed by atoms with Gasteiger partial charge in [-0.15, -0.1) is 0 Å². The van der Waals surface area contributed by atoms with Crippen molar-refractivity contribution in [2.75, 3.05) is 0 Å². The molecule has 5 saturated carbocycles. The van der Waals surface area contributed by atoms with Gasteiger partial charge in [-0.3, -0.25) is 9.97 Å². The van der Waals surface area contributed by atoms with Gasteiger partial charge in [-0.25, -0.2) is 0 Å². The Morgan fingerprint density at radius 3 is 1.55 bits per heavy atom. The minimum atomic E-state index is 0.517. The number of rotatable bonds is 4. The molecule has 370 valence electrons. The SMILES string of the molecule is c1ccc(-n2c3ccccc3c3c(-c4cc(-c5cccc6c5c5ccccc5n6-c5ccccc5)c5c6c7c(ncc6n6c8cnc9c(c8c4c56)C4CC5CCCC9CC5C4)C4CC5CC6CC7CC56C4)cccc32)cc1. The number of aromatic nitrogens is 5. The summed E-state index contributed by atoms with van der Waals surface area (Å²) in [6, 6.07) is 57.6. The largest absolute Gasteiger partial charge is 0.309 e. The first-order valence-corrected chi connectivity index (χ1v) is 29.4. The maximum absolute atomic E-state index is 5.81. The van der Waals surface area contributed by atoms with E-state index in [1.165, 1.54) is 197 Å². The predicted molar refractivity (Wildman–Crippen MR) is 314 cm³/mol. The van der Waals surface area contributed by atoms with Crippen molar-refractivity contribution in [3.05, 3.63) is 187 Å². The Bertz CT molecular complexity index is 4500. The number of benzene rings is 7. The van der Waals surface area contributed by atoms with Gasteiger partial charge < -0.3 is 13.5 Å². The van der Waals surface area contributed by atoms with Crippen molar-refractivity contribution in [2.24, 2.45) is 29.1 Å². The molecule has 7 aromatic carbocycles. The van der Waals surface area contributed by atoms with Gasteiger partial charge in [0.05, 0.1) is 51.0 Å². The lowest BCUT2D eigenvalue weighted by Crippen LogP contribution is -2.41. The fourth-order valence-electron chi connectivity index (χ4n) is 19.8. The zero-order chi connectivity index (χ0) is 49.6. The van der Waals surface area contributed by atoms with E-state index in [0.29, 0.717) is 29.1 Å². The number of fused-ring (bicyclic) bond motifs is 24. The lowest BCUT2D eigenvalue weighted by molar-refractivity contribution is 0.00321. The smallest absolute Gasteiger partial charge is 0.0728 e. The number of para-hydroxylation sites is 4. The van der Waals surface area contributed by atoms with E-state index in [1.807, 2.05) is 0 Å². The second-order valence-electron chi connectivity index (χ2n) is 25.5. The van der Waals surface area contributed by atoms with Crippen molar-refractivity contribution in [3.63, 3.8) is 0 Å². The van der Waals surface area contributed by atoms with E-state index < -0.39 is 0 Å². The molecule has 6 heterocycles. The summed E-state index contributed by atoms with van der Waals surface area (Å²) in [6.07, 6.45) is 19.3. The minimum Gasteiger partial charge on any atom is -0.309 e. The van der Waals surface area contributed by atoms with Crippen molar-refractivity contribution in [1.82, 2.24) is 23.5 Å². The predicted octanol–water partition coefficient (Wildman–Crippen LogP) is 18.3. The van der Waals surface area contributed by atoms with Crippen molar-refractivity contribution in [2.45, 2.75) is 94.3 Å². The van der Waals surface area contributed by atoms with Gasteiger partial charge in [-0.1, -0.05) is 110 Å². The molecular formula is C72H57N5. The van der Waals surface area contributed by atoms with E-state index in [-0.39, 0.29) is 0 Å². The molecule has 7 aliphatic rings. The molecule has 5 fully saturated rings. The Morgan fingerprint density at radius 2 is 0.909 bits per heavy atom. The van der Waals surface area contributed by atoms with Crippen molar-refractivity contribution < 1.29 is 0 Å². The number of hydrogen-bond acceptors (Lipinski definition) is 2. The van der Waals surface area contributed by atoms with Crippen LogP contribution in [0.3, 0.4) is 0 Å². The molecule has 0 radical (unpaired) electrons. The number of hydrogen-bond donors (Lipinski definition) is 0. The topological polar surface area (TPSA) is 40.0 Å². The maximum atomic E-state index is 5.81. The van der Waals surface area contributed by atoms with E-state index in [4.69, 9.17) is 9.97 Å². The molecular weight excluding hydrogens is 935 g/mol. The van der Waals surface area contributed by atoms with Crippen LogP contribution in [-0.2, 0) is 0 Å². The first kappa shape index (κ1) is 41.4. The van der Waals surface area contributed by atoms with Crippen LogP contribution >= 0.6 is 0 Å². The summed E-state index contributed by atoms with van der Waals surface area (Å²) in [5.74, 6) is 5.48. The minimum absolute atomic E-state index is 0.517. The van der Waals surface area contributed by atoms with Gasteiger partial charge >= 0.3 is 0 Å². The van der Waals surface area contributed by atoms with Crippen LogP contribution in [0.1, 0.15) is 117 Å². The van der Waals surface area contributed by atoms with E-state index in [1.54, 1.807) is 11.1 Å². The van der Waals surface area contributed by atoms with E-state index in [2.05, 4.69) is 178 Å². The highest BCUT2D eigenvalue weighted by atomic mass is 15.0. The van der Waals surface area contributed by atoms with Gasteiger partial charge in [-0.05, 0) is 187 Å². The van der Waals surface area contributed by atoms with Gasteiger partial charge in [0.15, 0.2) is 0 Å². The molecule has 0 saturated heterocycles. The Morgan fingerprint density at radius 1 is 0.390 bits per heavy atom. The summed E-state index contributed by atoms with van der Waals surface area (Å²) in [5.41, 5.74) is 23.2. The summed E-state index contributed by atoms with van der Waals surface area (Å²) in [4.78, 5) is 11.6. The summed E-state index contributed by atoms with van der Waals surface area (Å²) in [7, 11) is 0. The van der Waals surface area contributed by atoms with Crippen molar-refractivity contribution in [1.29, 1.82) is 0 Å². The third-order valence-corrected chi connectivity index (χ3v) is 22.5. The summed E-state index contributed by atoms with van der Waals surface area (Å²) in [5, 5.41) is 11.1. The van der Waals surface area contributed by atoms with Crippen LogP contribution in [0.5, 0.6) is 0 Å². The molecule has 9 atom stereocenters. The third-order valence-electron chi connectivity index (χ3n) is 22.5. The van der Waals surface area contributed by atoms with E-state index in [0.717, 1.165) is 23.7 Å². The summed E-state index contributed by atoms with van der Waals surface area (Å²) >= 11 is 0. The van der Waals surface area contributed by atoms with Crippen molar-refractivity contribution >= 4 is 81.7 Å². The van der Waals surface area contributed by atoms with Crippen LogP contribution in [0.4, 0.5) is 0 Å². The van der Waals surface area contributed by atoms with E-state index >= 15 is 0 Å². The molecule has 1 spiro atoms. The monoisotopic (exact) mass is 991 g/mol.